The van der Waals surface area contributed by atoms with Crippen molar-refractivity contribution in [2.45, 2.75) is 30.8 Å². The van der Waals surface area contributed by atoms with Crippen molar-refractivity contribution in [3.8, 4) is 0 Å². The number of hydrogen-bond donors (Lipinski definition) is 1. The van der Waals surface area contributed by atoms with E-state index in [4.69, 9.17) is 4.74 Å². The molecule has 0 saturated carbocycles. The third-order valence-corrected chi connectivity index (χ3v) is 3.31. The highest BCUT2D eigenvalue weighted by Crippen LogP contribution is 2.14. The van der Waals surface area contributed by atoms with E-state index in [1.54, 1.807) is 18.9 Å². The third-order valence-electron chi connectivity index (χ3n) is 2.57. The molecule has 1 aromatic rings. The molecule has 3 heteroatoms. The molecule has 0 fully saturated rings. The van der Waals surface area contributed by atoms with Gasteiger partial charge in [-0.15, -0.1) is 11.8 Å². The van der Waals surface area contributed by atoms with Crippen LogP contribution in [0.5, 0.6) is 0 Å². The predicted molar refractivity (Wildman–Crippen MR) is 71.0 cm³/mol. The van der Waals surface area contributed by atoms with Gasteiger partial charge in [-0.3, -0.25) is 0 Å². The second kappa shape index (κ2) is 7.71. The Bertz CT molecular complexity index is 286. The number of hydrogen-bond acceptors (Lipinski definition) is 3. The SMILES string of the molecule is COCCC(C)NCc1ccc(SC)cc1. The van der Waals surface area contributed by atoms with Gasteiger partial charge in [0.1, 0.15) is 0 Å². The van der Waals surface area contributed by atoms with E-state index in [0.29, 0.717) is 6.04 Å². The Morgan fingerprint density at radius 3 is 2.56 bits per heavy atom. The zero-order valence-corrected chi connectivity index (χ0v) is 11.1. The van der Waals surface area contributed by atoms with Crippen LogP contribution in [-0.2, 0) is 11.3 Å². The molecule has 16 heavy (non-hydrogen) atoms. The van der Waals surface area contributed by atoms with Crippen LogP contribution in [0.1, 0.15) is 18.9 Å². The van der Waals surface area contributed by atoms with Gasteiger partial charge in [0, 0.05) is 31.2 Å². The molecule has 1 atom stereocenters. The highest BCUT2D eigenvalue weighted by atomic mass is 32.2. The first-order valence-corrected chi connectivity index (χ1v) is 6.84. The number of ether oxygens (including phenoxy) is 1. The molecule has 1 aromatic carbocycles. The normalized spacial score (nSPS) is 12.7. The van der Waals surface area contributed by atoms with Crippen LogP contribution in [0.2, 0.25) is 0 Å². The van der Waals surface area contributed by atoms with Crippen LogP contribution >= 0.6 is 11.8 Å². The van der Waals surface area contributed by atoms with Gasteiger partial charge in [-0.2, -0.15) is 0 Å². The maximum atomic E-state index is 5.05. The Kier molecular flexibility index (Phi) is 6.53. The monoisotopic (exact) mass is 239 g/mol. The van der Waals surface area contributed by atoms with E-state index in [9.17, 15) is 0 Å². The van der Waals surface area contributed by atoms with Crippen LogP contribution in [0.3, 0.4) is 0 Å². The van der Waals surface area contributed by atoms with Gasteiger partial charge in [0.2, 0.25) is 0 Å². The Hall–Kier alpha value is -0.510. The molecule has 0 bridgehead atoms. The first kappa shape index (κ1) is 13.6. The molecule has 1 rings (SSSR count). The Morgan fingerprint density at radius 1 is 1.31 bits per heavy atom. The van der Waals surface area contributed by atoms with Gasteiger partial charge >= 0.3 is 0 Å². The number of thioether (sulfide) groups is 1. The van der Waals surface area contributed by atoms with E-state index in [2.05, 4.69) is 42.8 Å². The maximum absolute atomic E-state index is 5.05. The highest BCUT2D eigenvalue weighted by molar-refractivity contribution is 7.98. The summed E-state index contributed by atoms with van der Waals surface area (Å²) >= 11 is 1.78. The van der Waals surface area contributed by atoms with Crippen molar-refractivity contribution in [3.05, 3.63) is 29.8 Å². The maximum Gasteiger partial charge on any atom is 0.0476 e. The standard InChI is InChI=1S/C13H21NOS/c1-11(8-9-15-2)14-10-12-4-6-13(16-3)7-5-12/h4-7,11,14H,8-10H2,1-3H3. The van der Waals surface area contributed by atoms with Crippen molar-refractivity contribution in [2.75, 3.05) is 20.0 Å². The molecule has 0 amide bonds. The van der Waals surface area contributed by atoms with E-state index >= 15 is 0 Å². The summed E-state index contributed by atoms with van der Waals surface area (Å²) in [4.78, 5) is 1.32. The molecule has 0 saturated heterocycles. The largest absolute Gasteiger partial charge is 0.385 e. The van der Waals surface area contributed by atoms with Crippen LogP contribution < -0.4 is 5.32 Å². The molecule has 2 nitrogen and oxygen atoms in total. The number of nitrogens with one attached hydrogen (secondary N) is 1. The second-order valence-corrected chi connectivity index (χ2v) is 4.79. The molecule has 0 radical (unpaired) electrons. The summed E-state index contributed by atoms with van der Waals surface area (Å²) in [5, 5.41) is 3.48. The van der Waals surface area contributed by atoms with E-state index in [1.807, 2.05) is 0 Å². The fraction of sp³-hybridized carbons (Fsp3) is 0.538. The molecular weight excluding hydrogens is 218 g/mol. The quantitative estimate of drug-likeness (QED) is 0.739. The van der Waals surface area contributed by atoms with Gasteiger partial charge in [-0.1, -0.05) is 12.1 Å². The second-order valence-electron chi connectivity index (χ2n) is 3.91. The lowest BCUT2D eigenvalue weighted by atomic mass is 10.2. The van der Waals surface area contributed by atoms with Crippen LogP contribution in [-0.4, -0.2) is 26.0 Å². The van der Waals surface area contributed by atoms with Crippen molar-refractivity contribution in [3.63, 3.8) is 0 Å². The topological polar surface area (TPSA) is 21.3 Å². The molecule has 0 aliphatic heterocycles. The van der Waals surface area contributed by atoms with E-state index in [-0.39, 0.29) is 0 Å². The summed E-state index contributed by atoms with van der Waals surface area (Å²) in [5.41, 5.74) is 1.34. The molecule has 1 N–H and O–H groups in total. The summed E-state index contributed by atoms with van der Waals surface area (Å²) in [6.45, 7) is 3.94. The minimum atomic E-state index is 0.500. The van der Waals surface area contributed by atoms with Gasteiger partial charge in [0.05, 0.1) is 0 Å². The minimum absolute atomic E-state index is 0.500. The molecule has 0 aliphatic rings. The number of methoxy groups -OCH3 is 1. The first-order chi connectivity index (χ1) is 7.76. The van der Waals surface area contributed by atoms with Crippen molar-refractivity contribution in [1.82, 2.24) is 5.32 Å². The molecule has 0 spiro atoms. The lowest BCUT2D eigenvalue weighted by molar-refractivity contribution is 0.184. The lowest BCUT2D eigenvalue weighted by Gasteiger charge is -2.13. The van der Waals surface area contributed by atoms with Gasteiger partial charge in [-0.05, 0) is 37.3 Å². The highest BCUT2D eigenvalue weighted by Gasteiger charge is 2.00. The average Bonchev–Trinajstić information content (AvgIpc) is 2.34. The van der Waals surface area contributed by atoms with Crippen LogP contribution in [0.25, 0.3) is 0 Å². The summed E-state index contributed by atoms with van der Waals surface area (Å²) in [6, 6.07) is 9.20. The fourth-order valence-corrected chi connectivity index (χ4v) is 1.84. The summed E-state index contributed by atoms with van der Waals surface area (Å²) in [6.07, 6.45) is 3.15. The number of rotatable bonds is 7. The van der Waals surface area contributed by atoms with E-state index < -0.39 is 0 Å². The number of benzene rings is 1. The zero-order valence-electron chi connectivity index (χ0n) is 10.3. The average molecular weight is 239 g/mol. The van der Waals surface area contributed by atoms with Gasteiger partial charge in [-0.25, -0.2) is 0 Å². The molecule has 0 aromatic heterocycles. The Labute approximate surface area is 103 Å². The predicted octanol–water partition coefficient (Wildman–Crippen LogP) is 2.92. The van der Waals surface area contributed by atoms with Gasteiger partial charge in [0.25, 0.3) is 0 Å². The first-order valence-electron chi connectivity index (χ1n) is 5.61. The summed E-state index contributed by atoms with van der Waals surface area (Å²) in [7, 11) is 1.74. The van der Waals surface area contributed by atoms with Crippen LogP contribution in [0.4, 0.5) is 0 Å². The molecular formula is C13H21NOS. The Balaban J connectivity index is 2.30. The zero-order chi connectivity index (χ0) is 11.8. The van der Waals surface area contributed by atoms with Crippen molar-refractivity contribution in [2.24, 2.45) is 0 Å². The van der Waals surface area contributed by atoms with Crippen molar-refractivity contribution in [1.29, 1.82) is 0 Å². The van der Waals surface area contributed by atoms with Crippen LogP contribution in [0.15, 0.2) is 29.2 Å². The molecule has 0 heterocycles. The molecule has 1 unspecified atom stereocenters. The smallest absolute Gasteiger partial charge is 0.0476 e. The Morgan fingerprint density at radius 2 is 2.00 bits per heavy atom. The third kappa shape index (κ3) is 5.01. The summed E-state index contributed by atoms with van der Waals surface area (Å²) in [5.74, 6) is 0. The van der Waals surface area contributed by atoms with Crippen LogP contribution in [0, 0.1) is 0 Å². The van der Waals surface area contributed by atoms with E-state index in [0.717, 1.165) is 19.6 Å². The summed E-state index contributed by atoms with van der Waals surface area (Å²) < 4.78 is 5.05. The van der Waals surface area contributed by atoms with Gasteiger partial charge < -0.3 is 10.1 Å². The lowest BCUT2D eigenvalue weighted by Crippen LogP contribution is -2.26. The minimum Gasteiger partial charge on any atom is -0.385 e. The van der Waals surface area contributed by atoms with Gasteiger partial charge in [0.15, 0.2) is 0 Å². The molecule has 0 aliphatic carbocycles. The molecule has 90 valence electrons. The van der Waals surface area contributed by atoms with E-state index in [1.165, 1.54) is 10.5 Å². The fourth-order valence-electron chi connectivity index (χ4n) is 1.43. The van der Waals surface area contributed by atoms with Crippen molar-refractivity contribution >= 4 is 11.8 Å². The van der Waals surface area contributed by atoms with Crippen molar-refractivity contribution < 1.29 is 4.74 Å².